The summed E-state index contributed by atoms with van der Waals surface area (Å²) >= 11 is 0. The van der Waals surface area contributed by atoms with E-state index in [1.165, 1.54) is 18.2 Å². The van der Waals surface area contributed by atoms with E-state index in [9.17, 15) is 4.39 Å². The minimum atomic E-state index is -0.613. The lowest BCUT2D eigenvalue weighted by Gasteiger charge is -2.05. The van der Waals surface area contributed by atoms with Crippen LogP contribution in [0.5, 0.6) is 5.75 Å². The lowest BCUT2D eigenvalue weighted by molar-refractivity contribution is 0.200. The van der Waals surface area contributed by atoms with Crippen LogP contribution < -0.4 is 4.74 Å². The van der Waals surface area contributed by atoms with Gasteiger partial charge in [0.2, 0.25) is 0 Å². The van der Waals surface area contributed by atoms with Crippen LogP contribution in [0, 0.1) is 17.1 Å². The van der Waals surface area contributed by atoms with Gasteiger partial charge in [-0.3, -0.25) is 0 Å². The minimum absolute atomic E-state index is 0.0537. The highest BCUT2D eigenvalue weighted by Gasteiger charge is 2.07. The molecule has 1 rings (SSSR count). The molecule has 4 heteroatoms. The van der Waals surface area contributed by atoms with Gasteiger partial charge in [0, 0.05) is 0 Å². The summed E-state index contributed by atoms with van der Waals surface area (Å²) in [5.74, 6) is -0.450. The number of ether oxygens (including phenoxy) is 1. The highest BCUT2D eigenvalue weighted by Crippen LogP contribution is 2.19. The predicted octanol–water partition coefficient (Wildman–Crippen LogP) is 1.07. The van der Waals surface area contributed by atoms with E-state index in [0.717, 1.165) is 0 Å². The molecule has 0 bridgehead atoms. The Kier molecular flexibility index (Phi) is 3.23. The van der Waals surface area contributed by atoms with Gasteiger partial charge in [0.05, 0.1) is 6.61 Å². The van der Waals surface area contributed by atoms with E-state index in [1.807, 2.05) is 0 Å². The lowest BCUT2D eigenvalue weighted by atomic mass is 10.2. The summed E-state index contributed by atoms with van der Waals surface area (Å²) in [6.45, 7) is -0.112. The number of aliphatic hydroxyl groups excluding tert-OH is 1. The first kappa shape index (κ1) is 9.49. The van der Waals surface area contributed by atoms with Gasteiger partial charge in [-0.25, -0.2) is 4.39 Å². The number of nitrogens with zero attached hydrogens (tertiary/aromatic N) is 1. The number of hydrogen-bond acceptors (Lipinski definition) is 3. The van der Waals surface area contributed by atoms with Crippen molar-refractivity contribution < 1.29 is 14.2 Å². The van der Waals surface area contributed by atoms with Gasteiger partial charge in [0.25, 0.3) is 0 Å². The van der Waals surface area contributed by atoms with Gasteiger partial charge in [-0.15, -0.1) is 0 Å². The molecule has 0 amide bonds. The Morgan fingerprint density at radius 1 is 1.54 bits per heavy atom. The maximum absolute atomic E-state index is 12.9. The van der Waals surface area contributed by atoms with Gasteiger partial charge >= 0.3 is 0 Å². The van der Waals surface area contributed by atoms with Crippen molar-refractivity contribution in [3.63, 3.8) is 0 Å². The van der Waals surface area contributed by atoms with Crippen LogP contribution in [0.25, 0.3) is 0 Å². The largest absolute Gasteiger partial charge is 0.490 e. The van der Waals surface area contributed by atoms with Crippen LogP contribution in [0.3, 0.4) is 0 Å². The molecule has 0 aromatic heterocycles. The smallest absolute Gasteiger partial charge is 0.144 e. The van der Waals surface area contributed by atoms with Crippen molar-refractivity contribution in [3.8, 4) is 11.8 Å². The van der Waals surface area contributed by atoms with Crippen molar-refractivity contribution in [1.82, 2.24) is 0 Å². The molecule has 68 valence electrons. The third-order valence-corrected chi connectivity index (χ3v) is 1.44. The van der Waals surface area contributed by atoms with Crippen molar-refractivity contribution >= 4 is 0 Å². The van der Waals surface area contributed by atoms with Crippen LogP contribution in [0.2, 0.25) is 0 Å². The number of hydrogen-bond donors (Lipinski definition) is 1. The van der Waals surface area contributed by atoms with E-state index in [1.54, 1.807) is 6.07 Å². The fourth-order valence-corrected chi connectivity index (χ4v) is 0.889. The normalized spacial score (nSPS) is 9.31. The molecule has 0 atom stereocenters. The Hall–Kier alpha value is -1.60. The molecule has 3 nitrogen and oxygen atoms in total. The number of nitriles is 1. The minimum Gasteiger partial charge on any atom is -0.490 e. The standard InChI is InChI=1S/C9H8FNO2/c10-8-2-1-3-9(7(8)6-11)13-5-4-12/h1-3,12H,4-5H2. The monoisotopic (exact) mass is 181 g/mol. The van der Waals surface area contributed by atoms with Crippen molar-refractivity contribution in [2.45, 2.75) is 0 Å². The molecule has 0 unspecified atom stereocenters. The molecule has 0 saturated carbocycles. The van der Waals surface area contributed by atoms with E-state index < -0.39 is 5.82 Å². The summed E-state index contributed by atoms with van der Waals surface area (Å²) in [4.78, 5) is 0. The molecule has 0 heterocycles. The zero-order valence-electron chi connectivity index (χ0n) is 6.83. The first-order valence-electron chi connectivity index (χ1n) is 3.72. The Morgan fingerprint density at radius 3 is 2.92 bits per heavy atom. The second-order valence-corrected chi connectivity index (χ2v) is 2.30. The summed E-state index contributed by atoms with van der Waals surface area (Å²) in [6.07, 6.45) is 0. The van der Waals surface area contributed by atoms with E-state index in [2.05, 4.69) is 0 Å². The highest BCUT2D eigenvalue weighted by molar-refractivity contribution is 5.43. The fraction of sp³-hybridized carbons (Fsp3) is 0.222. The molecule has 0 spiro atoms. The highest BCUT2D eigenvalue weighted by atomic mass is 19.1. The second-order valence-electron chi connectivity index (χ2n) is 2.30. The molecule has 0 radical (unpaired) electrons. The number of benzene rings is 1. The van der Waals surface area contributed by atoms with E-state index >= 15 is 0 Å². The number of rotatable bonds is 3. The van der Waals surface area contributed by atoms with Crippen molar-refractivity contribution in [2.75, 3.05) is 13.2 Å². The number of aliphatic hydroxyl groups is 1. The molecule has 0 saturated heterocycles. The molecule has 0 fully saturated rings. The molecule has 13 heavy (non-hydrogen) atoms. The SMILES string of the molecule is N#Cc1c(F)cccc1OCCO. The third kappa shape index (κ3) is 2.17. The molecule has 0 aliphatic carbocycles. The van der Waals surface area contributed by atoms with E-state index in [0.29, 0.717) is 0 Å². The summed E-state index contributed by atoms with van der Waals surface area (Å²) in [5, 5.41) is 17.0. The van der Waals surface area contributed by atoms with Crippen LogP contribution >= 0.6 is 0 Å². The van der Waals surface area contributed by atoms with Gasteiger partial charge in [-0.05, 0) is 12.1 Å². The summed E-state index contributed by atoms with van der Waals surface area (Å²) in [7, 11) is 0. The fourth-order valence-electron chi connectivity index (χ4n) is 0.889. The van der Waals surface area contributed by atoms with Crippen LogP contribution in [0.4, 0.5) is 4.39 Å². The summed E-state index contributed by atoms with van der Waals surface area (Å²) in [6, 6.07) is 5.81. The first-order chi connectivity index (χ1) is 6.29. The first-order valence-corrected chi connectivity index (χ1v) is 3.72. The maximum atomic E-state index is 12.9. The van der Waals surface area contributed by atoms with Crippen molar-refractivity contribution in [3.05, 3.63) is 29.6 Å². The average Bonchev–Trinajstić information content (AvgIpc) is 2.15. The van der Waals surface area contributed by atoms with E-state index in [4.69, 9.17) is 15.1 Å². The molecule has 1 aromatic rings. The van der Waals surface area contributed by atoms with Crippen molar-refractivity contribution in [1.29, 1.82) is 5.26 Å². The van der Waals surface area contributed by atoms with Gasteiger partial charge < -0.3 is 9.84 Å². The zero-order valence-corrected chi connectivity index (χ0v) is 6.83. The van der Waals surface area contributed by atoms with Gasteiger partial charge in [0.15, 0.2) is 0 Å². The molecule has 0 aliphatic heterocycles. The van der Waals surface area contributed by atoms with Crippen LogP contribution in [0.1, 0.15) is 5.56 Å². The lowest BCUT2D eigenvalue weighted by Crippen LogP contribution is -2.03. The third-order valence-electron chi connectivity index (χ3n) is 1.44. The Morgan fingerprint density at radius 2 is 2.31 bits per heavy atom. The molecule has 0 aliphatic rings. The maximum Gasteiger partial charge on any atom is 0.144 e. The second kappa shape index (κ2) is 4.43. The summed E-state index contributed by atoms with van der Waals surface area (Å²) < 4.78 is 17.9. The molecular formula is C9H8FNO2. The van der Waals surface area contributed by atoms with Crippen molar-refractivity contribution in [2.24, 2.45) is 0 Å². The topological polar surface area (TPSA) is 53.2 Å². The summed E-state index contributed by atoms with van der Waals surface area (Å²) in [5.41, 5.74) is -0.129. The Bertz CT molecular complexity index is 333. The van der Waals surface area contributed by atoms with Gasteiger partial charge in [-0.2, -0.15) is 5.26 Å². The Balaban J connectivity index is 2.93. The molecular weight excluding hydrogens is 173 g/mol. The van der Waals surface area contributed by atoms with E-state index in [-0.39, 0.29) is 24.5 Å². The van der Waals surface area contributed by atoms with Gasteiger partial charge in [-0.1, -0.05) is 6.07 Å². The average molecular weight is 181 g/mol. The van der Waals surface area contributed by atoms with Crippen LogP contribution in [-0.2, 0) is 0 Å². The molecule has 1 N–H and O–H groups in total. The molecule has 1 aromatic carbocycles. The van der Waals surface area contributed by atoms with Crippen LogP contribution in [-0.4, -0.2) is 18.3 Å². The predicted molar refractivity (Wildman–Crippen MR) is 43.7 cm³/mol. The number of halogens is 1. The Labute approximate surface area is 75.0 Å². The van der Waals surface area contributed by atoms with Crippen LogP contribution in [0.15, 0.2) is 18.2 Å². The zero-order chi connectivity index (χ0) is 9.68. The van der Waals surface area contributed by atoms with Gasteiger partial charge in [0.1, 0.15) is 29.8 Å². The quantitative estimate of drug-likeness (QED) is 0.758.